The maximum absolute atomic E-state index is 12.6. The van der Waals surface area contributed by atoms with Gasteiger partial charge in [-0.2, -0.15) is 0 Å². The number of carbonyl (C=O) groups excluding carboxylic acids is 1. The van der Waals surface area contributed by atoms with E-state index in [1.807, 2.05) is 18.2 Å². The molecule has 2 N–H and O–H groups in total. The Morgan fingerprint density at radius 1 is 1.17 bits per heavy atom. The number of thiophene rings is 1. The van der Waals surface area contributed by atoms with Gasteiger partial charge in [-0.15, -0.1) is 11.3 Å². The van der Waals surface area contributed by atoms with Gasteiger partial charge in [0.15, 0.2) is 0 Å². The zero-order chi connectivity index (χ0) is 21.4. The van der Waals surface area contributed by atoms with Crippen LogP contribution in [0.2, 0.25) is 0 Å². The van der Waals surface area contributed by atoms with Crippen LogP contribution in [0.5, 0.6) is 11.5 Å². The van der Waals surface area contributed by atoms with Crippen LogP contribution in [0.4, 0.5) is 5.69 Å². The molecule has 1 aromatic heterocycles. The number of ether oxygens (including phenoxy) is 2. The summed E-state index contributed by atoms with van der Waals surface area (Å²) in [5.41, 5.74) is 2.72. The van der Waals surface area contributed by atoms with Gasteiger partial charge in [-0.25, -0.2) is 4.79 Å². The summed E-state index contributed by atoms with van der Waals surface area (Å²) in [4.78, 5) is 25.6. The number of fused-ring (bicyclic) bond motifs is 1. The third-order valence-electron chi connectivity index (χ3n) is 5.06. The first-order valence-corrected chi connectivity index (χ1v) is 10.7. The summed E-state index contributed by atoms with van der Waals surface area (Å²) >= 11 is 4.70. The number of hydrogen-bond donors (Lipinski definition) is 2. The van der Waals surface area contributed by atoms with Crippen molar-refractivity contribution in [2.75, 3.05) is 19.5 Å². The van der Waals surface area contributed by atoms with Crippen molar-refractivity contribution in [3.05, 3.63) is 62.3 Å². The van der Waals surface area contributed by atoms with E-state index in [0.717, 1.165) is 14.9 Å². The minimum atomic E-state index is -1.02. The molecule has 0 aliphatic carbocycles. The largest absolute Gasteiger partial charge is 0.497 e. The van der Waals surface area contributed by atoms with Gasteiger partial charge in [0.2, 0.25) is 5.91 Å². The molecule has 1 atom stereocenters. The van der Waals surface area contributed by atoms with Crippen molar-refractivity contribution in [3.8, 4) is 22.6 Å². The summed E-state index contributed by atoms with van der Waals surface area (Å²) < 4.78 is 11.3. The van der Waals surface area contributed by atoms with Gasteiger partial charge < -0.3 is 19.9 Å². The van der Waals surface area contributed by atoms with Gasteiger partial charge in [-0.05, 0) is 51.3 Å². The summed E-state index contributed by atoms with van der Waals surface area (Å²) in [5.74, 6) is -0.0561. The van der Waals surface area contributed by atoms with E-state index in [9.17, 15) is 14.7 Å². The molecule has 2 aromatic carbocycles. The lowest BCUT2D eigenvalue weighted by molar-refractivity contribution is -0.116. The fourth-order valence-corrected chi connectivity index (χ4v) is 5.44. The van der Waals surface area contributed by atoms with E-state index in [2.05, 4.69) is 21.2 Å². The van der Waals surface area contributed by atoms with Gasteiger partial charge in [0.05, 0.1) is 24.4 Å². The third kappa shape index (κ3) is 3.57. The van der Waals surface area contributed by atoms with Gasteiger partial charge in [-0.1, -0.05) is 18.2 Å². The van der Waals surface area contributed by atoms with Crippen LogP contribution >= 0.6 is 27.3 Å². The minimum absolute atomic E-state index is 0.149. The van der Waals surface area contributed by atoms with Crippen LogP contribution in [-0.2, 0) is 4.79 Å². The molecule has 8 heteroatoms. The van der Waals surface area contributed by atoms with E-state index in [1.165, 1.54) is 11.3 Å². The minimum Gasteiger partial charge on any atom is -0.497 e. The highest BCUT2D eigenvalue weighted by Gasteiger charge is 2.34. The predicted molar refractivity (Wildman–Crippen MR) is 119 cm³/mol. The number of hydrogen-bond acceptors (Lipinski definition) is 5. The lowest BCUT2D eigenvalue weighted by Crippen LogP contribution is -2.22. The highest BCUT2D eigenvalue weighted by atomic mass is 79.9. The number of benzene rings is 2. The van der Waals surface area contributed by atoms with Gasteiger partial charge in [-0.3, -0.25) is 4.79 Å². The second kappa shape index (κ2) is 8.12. The summed E-state index contributed by atoms with van der Waals surface area (Å²) in [6.07, 6.45) is 0.243. The first-order valence-electron chi connectivity index (χ1n) is 9.10. The van der Waals surface area contributed by atoms with Crippen molar-refractivity contribution in [3.63, 3.8) is 0 Å². The zero-order valence-corrected chi connectivity index (χ0v) is 18.6. The highest BCUT2D eigenvalue weighted by Crippen LogP contribution is 2.50. The van der Waals surface area contributed by atoms with Gasteiger partial charge in [0.25, 0.3) is 0 Å². The first-order chi connectivity index (χ1) is 14.4. The molecule has 0 saturated heterocycles. The maximum atomic E-state index is 12.6. The number of aromatic carboxylic acids is 1. The molecule has 3 aromatic rings. The Labute approximate surface area is 185 Å². The molecule has 0 saturated carbocycles. The van der Waals surface area contributed by atoms with Crippen LogP contribution in [0.1, 0.15) is 32.5 Å². The number of nitrogens with one attached hydrogen (secondary N) is 1. The van der Waals surface area contributed by atoms with Crippen LogP contribution in [0.3, 0.4) is 0 Å². The van der Waals surface area contributed by atoms with E-state index in [4.69, 9.17) is 9.47 Å². The average molecular weight is 488 g/mol. The van der Waals surface area contributed by atoms with Crippen LogP contribution in [0.25, 0.3) is 11.1 Å². The van der Waals surface area contributed by atoms with Crippen molar-refractivity contribution in [2.45, 2.75) is 12.3 Å². The molecule has 0 spiro atoms. The van der Waals surface area contributed by atoms with E-state index >= 15 is 0 Å². The topological polar surface area (TPSA) is 84.9 Å². The average Bonchev–Trinajstić information content (AvgIpc) is 3.12. The molecule has 1 aliphatic heterocycles. The number of carboxylic acid groups (broad SMARTS) is 1. The van der Waals surface area contributed by atoms with E-state index < -0.39 is 5.97 Å². The van der Waals surface area contributed by atoms with Crippen molar-refractivity contribution in [2.24, 2.45) is 0 Å². The highest BCUT2D eigenvalue weighted by molar-refractivity contribution is 9.10. The Bertz CT molecular complexity index is 1140. The number of anilines is 1. The second-order valence-electron chi connectivity index (χ2n) is 6.78. The summed E-state index contributed by atoms with van der Waals surface area (Å²) in [6, 6.07) is 12.8. The van der Waals surface area contributed by atoms with Gasteiger partial charge >= 0.3 is 5.97 Å². The Morgan fingerprint density at radius 2 is 1.90 bits per heavy atom. The lowest BCUT2D eigenvalue weighted by Gasteiger charge is -2.24. The fraction of sp³-hybridized carbons (Fsp3) is 0.182. The molecule has 30 heavy (non-hydrogen) atoms. The van der Waals surface area contributed by atoms with Crippen LogP contribution in [0.15, 0.2) is 46.9 Å². The van der Waals surface area contributed by atoms with Crippen LogP contribution < -0.4 is 14.8 Å². The third-order valence-corrected chi connectivity index (χ3v) is 6.97. The Morgan fingerprint density at radius 3 is 2.50 bits per heavy atom. The van der Waals surface area contributed by atoms with E-state index in [0.29, 0.717) is 28.3 Å². The van der Waals surface area contributed by atoms with E-state index in [-0.39, 0.29) is 23.1 Å². The standard InChI is InChI=1S/C22H18BrNO5S/c1-28-13-6-3-11(4-7-13)18-19-20(30-21(18)22(26)27)14(10-17(25)24-19)12-5-8-16(29-2)15(23)9-12/h3-9,14H,10H2,1-2H3,(H,24,25)(H,26,27)/t14-/m0/s1. The molecule has 6 nitrogen and oxygen atoms in total. The van der Waals surface area contributed by atoms with Gasteiger partial charge in [0.1, 0.15) is 16.4 Å². The maximum Gasteiger partial charge on any atom is 0.346 e. The molecule has 1 amide bonds. The Kier molecular flexibility index (Phi) is 5.53. The summed E-state index contributed by atoms with van der Waals surface area (Å²) in [6.45, 7) is 0. The monoisotopic (exact) mass is 487 g/mol. The quantitative estimate of drug-likeness (QED) is 0.505. The normalized spacial score (nSPS) is 15.3. The van der Waals surface area contributed by atoms with Crippen LogP contribution in [0, 0.1) is 0 Å². The van der Waals surface area contributed by atoms with Crippen LogP contribution in [-0.4, -0.2) is 31.2 Å². The molecule has 0 radical (unpaired) electrons. The fourth-order valence-electron chi connectivity index (χ4n) is 3.64. The Balaban J connectivity index is 1.88. The Hall–Kier alpha value is -2.84. The van der Waals surface area contributed by atoms with E-state index in [1.54, 1.807) is 38.5 Å². The molecule has 0 unspecified atom stereocenters. The molecular formula is C22H18BrNO5S. The summed E-state index contributed by atoms with van der Waals surface area (Å²) in [7, 11) is 3.16. The van der Waals surface area contributed by atoms with Crippen molar-refractivity contribution < 1.29 is 24.2 Å². The number of rotatable bonds is 5. The van der Waals surface area contributed by atoms with Gasteiger partial charge in [0, 0.05) is 22.8 Å². The van der Waals surface area contributed by atoms with Crippen molar-refractivity contribution in [1.82, 2.24) is 0 Å². The zero-order valence-electron chi connectivity index (χ0n) is 16.2. The van der Waals surface area contributed by atoms with Crippen molar-refractivity contribution in [1.29, 1.82) is 0 Å². The smallest absolute Gasteiger partial charge is 0.346 e. The summed E-state index contributed by atoms with van der Waals surface area (Å²) in [5, 5.41) is 12.8. The SMILES string of the molecule is COc1ccc(-c2c(C(=O)O)sc3c2NC(=O)C[C@H]3c2ccc(OC)c(Br)c2)cc1. The first kappa shape index (κ1) is 20.4. The number of carboxylic acids is 1. The lowest BCUT2D eigenvalue weighted by atomic mass is 9.88. The number of methoxy groups -OCH3 is 2. The molecule has 0 bridgehead atoms. The van der Waals surface area contributed by atoms with Crippen molar-refractivity contribution >= 4 is 44.8 Å². The number of amides is 1. The molecule has 154 valence electrons. The molecule has 4 rings (SSSR count). The second-order valence-corrected chi connectivity index (χ2v) is 8.68. The molecule has 0 fully saturated rings. The number of carbonyl (C=O) groups is 2. The molecule has 2 heterocycles. The molecular weight excluding hydrogens is 470 g/mol. The predicted octanol–water partition coefficient (Wildman–Crippen LogP) is 5.37. The number of halogens is 1. The molecule has 1 aliphatic rings.